The van der Waals surface area contributed by atoms with Crippen LogP contribution in [0.3, 0.4) is 0 Å². The average Bonchev–Trinajstić information content (AvgIpc) is 2.51. The number of hydrogen-bond acceptors (Lipinski definition) is 3. The summed E-state index contributed by atoms with van der Waals surface area (Å²) < 4.78 is 14.0. The molecule has 5 heteroatoms. The van der Waals surface area contributed by atoms with E-state index in [1.165, 1.54) is 6.07 Å². The monoisotopic (exact) mass is 345 g/mol. The van der Waals surface area contributed by atoms with Gasteiger partial charge in [-0.3, -0.25) is 9.97 Å². The fourth-order valence-electron chi connectivity index (χ4n) is 2.37. The van der Waals surface area contributed by atoms with E-state index in [0.717, 1.165) is 22.2 Å². The normalized spacial score (nSPS) is 12.5. The summed E-state index contributed by atoms with van der Waals surface area (Å²) in [5.41, 5.74) is 9.65. The number of nitrogens with two attached hydrogens (primary N) is 1. The molecule has 0 amide bonds. The van der Waals surface area contributed by atoms with Gasteiger partial charge in [-0.15, -0.1) is 0 Å². The number of halogens is 2. The first kappa shape index (κ1) is 14.1. The molecule has 3 nitrogen and oxygen atoms in total. The Bertz CT molecular complexity index is 786. The molecule has 0 aliphatic heterocycles. The number of rotatable bonds is 3. The average molecular weight is 346 g/mol. The van der Waals surface area contributed by atoms with E-state index in [0.29, 0.717) is 10.9 Å². The molecular formula is C16H13BrFN3. The van der Waals surface area contributed by atoms with Crippen LogP contribution in [-0.2, 0) is 6.42 Å². The molecule has 2 N–H and O–H groups in total. The van der Waals surface area contributed by atoms with Crippen LogP contribution in [0, 0.1) is 5.82 Å². The zero-order chi connectivity index (χ0) is 14.8. The molecule has 106 valence electrons. The van der Waals surface area contributed by atoms with Gasteiger partial charge in [-0.1, -0.05) is 24.3 Å². The SMILES string of the molecule is NC(Cc1cccc(F)c1Br)c1cccc2nccnc12. The van der Waals surface area contributed by atoms with Crippen molar-refractivity contribution in [3.05, 3.63) is 70.2 Å². The Morgan fingerprint density at radius 1 is 1.10 bits per heavy atom. The second-order valence-corrected chi connectivity index (χ2v) is 5.59. The lowest BCUT2D eigenvalue weighted by molar-refractivity contribution is 0.614. The molecule has 21 heavy (non-hydrogen) atoms. The van der Waals surface area contributed by atoms with Gasteiger partial charge < -0.3 is 5.73 Å². The van der Waals surface area contributed by atoms with Crippen LogP contribution in [0.2, 0.25) is 0 Å². The van der Waals surface area contributed by atoms with Crippen molar-refractivity contribution in [1.29, 1.82) is 0 Å². The third-order valence-corrected chi connectivity index (χ3v) is 4.29. The number of fused-ring (bicyclic) bond motifs is 1. The van der Waals surface area contributed by atoms with Gasteiger partial charge in [0, 0.05) is 18.4 Å². The van der Waals surface area contributed by atoms with Crippen LogP contribution in [0.5, 0.6) is 0 Å². The van der Waals surface area contributed by atoms with Crippen molar-refractivity contribution in [2.75, 3.05) is 0 Å². The summed E-state index contributed by atoms with van der Waals surface area (Å²) in [4.78, 5) is 8.63. The Morgan fingerprint density at radius 3 is 2.71 bits per heavy atom. The zero-order valence-electron chi connectivity index (χ0n) is 11.1. The summed E-state index contributed by atoms with van der Waals surface area (Å²) in [5.74, 6) is -0.280. The third-order valence-electron chi connectivity index (χ3n) is 3.40. The van der Waals surface area contributed by atoms with Crippen molar-refractivity contribution in [2.24, 2.45) is 5.73 Å². The van der Waals surface area contributed by atoms with Crippen LogP contribution in [0.15, 0.2) is 53.3 Å². The topological polar surface area (TPSA) is 51.8 Å². The molecular weight excluding hydrogens is 333 g/mol. The number of benzene rings is 2. The summed E-state index contributed by atoms with van der Waals surface area (Å²) in [6, 6.07) is 10.4. The van der Waals surface area contributed by atoms with Gasteiger partial charge in [0.15, 0.2) is 0 Å². The number of aromatic nitrogens is 2. The summed E-state index contributed by atoms with van der Waals surface area (Å²) in [5, 5.41) is 0. The summed E-state index contributed by atoms with van der Waals surface area (Å²) in [6.07, 6.45) is 3.82. The van der Waals surface area contributed by atoms with Crippen molar-refractivity contribution in [3.63, 3.8) is 0 Å². The molecule has 0 aliphatic carbocycles. The molecule has 2 aromatic carbocycles. The van der Waals surface area contributed by atoms with Gasteiger partial charge >= 0.3 is 0 Å². The minimum atomic E-state index is -0.280. The lowest BCUT2D eigenvalue weighted by atomic mass is 9.98. The van der Waals surface area contributed by atoms with Gasteiger partial charge in [0.25, 0.3) is 0 Å². The minimum absolute atomic E-state index is 0.275. The van der Waals surface area contributed by atoms with Gasteiger partial charge in [0.1, 0.15) is 5.82 Å². The van der Waals surface area contributed by atoms with E-state index in [1.54, 1.807) is 18.5 Å². The highest BCUT2D eigenvalue weighted by atomic mass is 79.9. The van der Waals surface area contributed by atoms with Crippen LogP contribution in [0.1, 0.15) is 17.2 Å². The van der Waals surface area contributed by atoms with E-state index in [9.17, 15) is 4.39 Å². The Hall–Kier alpha value is -1.85. The van der Waals surface area contributed by atoms with Crippen molar-refractivity contribution >= 4 is 27.0 Å². The van der Waals surface area contributed by atoms with Crippen LogP contribution in [0.4, 0.5) is 4.39 Å². The maximum Gasteiger partial charge on any atom is 0.137 e. The molecule has 0 spiro atoms. The van der Waals surface area contributed by atoms with Gasteiger partial charge in [0.05, 0.1) is 15.5 Å². The number of para-hydroxylation sites is 1. The number of hydrogen-bond donors (Lipinski definition) is 1. The van der Waals surface area contributed by atoms with Gasteiger partial charge in [-0.25, -0.2) is 4.39 Å². The quantitative estimate of drug-likeness (QED) is 0.785. The molecule has 3 aromatic rings. The molecule has 1 aromatic heterocycles. The molecule has 3 rings (SSSR count). The molecule has 0 fully saturated rings. The fraction of sp³-hybridized carbons (Fsp3) is 0.125. The zero-order valence-corrected chi connectivity index (χ0v) is 12.7. The molecule has 1 unspecified atom stereocenters. The largest absolute Gasteiger partial charge is 0.324 e. The Balaban J connectivity index is 1.97. The van der Waals surface area contributed by atoms with Crippen molar-refractivity contribution in [3.8, 4) is 0 Å². The maximum absolute atomic E-state index is 13.6. The highest BCUT2D eigenvalue weighted by Crippen LogP contribution is 2.27. The van der Waals surface area contributed by atoms with E-state index < -0.39 is 0 Å². The molecule has 1 heterocycles. The Labute approximate surface area is 130 Å². The lowest BCUT2D eigenvalue weighted by Crippen LogP contribution is -2.14. The Morgan fingerprint density at radius 2 is 1.86 bits per heavy atom. The molecule has 0 saturated carbocycles. The van der Waals surface area contributed by atoms with Crippen molar-refractivity contribution < 1.29 is 4.39 Å². The van der Waals surface area contributed by atoms with Crippen LogP contribution < -0.4 is 5.73 Å². The highest BCUT2D eigenvalue weighted by Gasteiger charge is 2.14. The van der Waals surface area contributed by atoms with Crippen LogP contribution in [-0.4, -0.2) is 9.97 Å². The second kappa shape index (κ2) is 5.87. The standard InChI is InChI=1S/C16H13BrFN3/c17-15-10(3-1-5-12(15)18)9-13(19)11-4-2-6-14-16(11)21-8-7-20-14/h1-8,13H,9,19H2. The maximum atomic E-state index is 13.6. The van der Waals surface area contributed by atoms with Crippen LogP contribution in [0.25, 0.3) is 11.0 Å². The van der Waals surface area contributed by atoms with Gasteiger partial charge in [-0.05, 0) is 45.6 Å². The summed E-state index contributed by atoms with van der Waals surface area (Å²) >= 11 is 3.27. The smallest absolute Gasteiger partial charge is 0.137 e. The molecule has 0 bridgehead atoms. The van der Waals surface area contributed by atoms with E-state index >= 15 is 0 Å². The predicted octanol–water partition coefficient (Wildman–Crippen LogP) is 3.77. The van der Waals surface area contributed by atoms with Crippen LogP contribution >= 0.6 is 15.9 Å². The van der Waals surface area contributed by atoms with Gasteiger partial charge in [0.2, 0.25) is 0 Å². The first-order chi connectivity index (χ1) is 10.2. The fourth-order valence-corrected chi connectivity index (χ4v) is 2.79. The van der Waals surface area contributed by atoms with Crippen molar-refractivity contribution in [2.45, 2.75) is 12.5 Å². The summed E-state index contributed by atoms with van der Waals surface area (Å²) in [6.45, 7) is 0. The molecule has 0 saturated heterocycles. The van der Waals surface area contributed by atoms with Gasteiger partial charge in [-0.2, -0.15) is 0 Å². The second-order valence-electron chi connectivity index (χ2n) is 4.79. The van der Waals surface area contributed by atoms with E-state index in [1.807, 2.05) is 24.3 Å². The molecule has 0 radical (unpaired) electrons. The minimum Gasteiger partial charge on any atom is -0.324 e. The summed E-state index contributed by atoms with van der Waals surface area (Å²) in [7, 11) is 0. The first-order valence-electron chi connectivity index (χ1n) is 6.55. The predicted molar refractivity (Wildman–Crippen MR) is 84.3 cm³/mol. The van der Waals surface area contributed by atoms with E-state index in [4.69, 9.17) is 5.73 Å². The first-order valence-corrected chi connectivity index (χ1v) is 7.34. The molecule has 1 atom stereocenters. The van der Waals surface area contributed by atoms with E-state index in [2.05, 4.69) is 25.9 Å². The number of nitrogens with zero attached hydrogens (tertiary/aromatic N) is 2. The lowest BCUT2D eigenvalue weighted by Gasteiger charge is -2.15. The highest BCUT2D eigenvalue weighted by molar-refractivity contribution is 9.10. The molecule has 0 aliphatic rings. The third kappa shape index (κ3) is 2.80. The van der Waals surface area contributed by atoms with E-state index in [-0.39, 0.29) is 11.9 Å². The Kier molecular flexibility index (Phi) is 3.94. The van der Waals surface area contributed by atoms with Crippen molar-refractivity contribution in [1.82, 2.24) is 9.97 Å².